The first-order valence-electron chi connectivity index (χ1n) is 12.5. The number of nitrogens with zero attached hydrogens (tertiary/aromatic N) is 1. The number of thioether (sulfide) groups is 1. The van der Waals surface area contributed by atoms with Crippen LogP contribution < -0.4 is 43.8 Å². The Morgan fingerprint density at radius 1 is 0.833 bits per heavy atom. The summed E-state index contributed by atoms with van der Waals surface area (Å²) in [6, 6.07) is -5.85. The molecular weight excluding hydrogens is 582 g/mol. The third-order valence-electron chi connectivity index (χ3n) is 5.50. The molecule has 0 bridgehead atoms. The third-order valence-corrected chi connectivity index (χ3v) is 6.53. The number of carboxylic acid groups (broad SMARTS) is 2. The fourth-order valence-electron chi connectivity index (χ4n) is 3.47. The Kier molecular flexibility index (Phi) is 15.1. The highest BCUT2D eigenvalue weighted by Gasteiger charge is 2.31. The van der Waals surface area contributed by atoms with E-state index in [1.807, 2.05) is 0 Å². The van der Waals surface area contributed by atoms with Gasteiger partial charge < -0.3 is 54.0 Å². The number of carbonyl (C=O) groups excluding carboxylic acids is 6. The second-order valence-corrected chi connectivity index (χ2v) is 10.0. The van der Waals surface area contributed by atoms with E-state index in [0.717, 1.165) is 11.8 Å². The van der Waals surface area contributed by atoms with Crippen LogP contribution in [0.5, 0.6) is 0 Å². The van der Waals surface area contributed by atoms with Gasteiger partial charge in [0.1, 0.15) is 24.2 Å². The zero-order valence-corrected chi connectivity index (χ0v) is 23.2. The van der Waals surface area contributed by atoms with Crippen molar-refractivity contribution in [3.8, 4) is 0 Å². The molecule has 1 fully saturated rings. The maximum Gasteiger partial charge on any atom is 0.327 e. The van der Waals surface area contributed by atoms with Gasteiger partial charge in [-0.2, -0.15) is 0 Å². The van der Waals surface area contributed by atoms with Crippen LogP contribution in [0.1, 0.15) is 32.1 Å². The number of carbonyl (C=O) groups is 8. The first-order chi connectivity index (χ1) is 19.7. The summed E-state index contributed by atoms with van der Waals surface area (Å²) < 4.78 is 0. The van der Waals surface area contributed by atoms with Crippen molar-refractivity contribution in [1.29, 1.82) is 0 Å². The first kappa shape index (κ1) is 35.4. The lowest BCUT2D eigenvalue weighted by Crippen LogP contribution is -2.56. The Bertz CT molecular complexity index is 1080. The van der Waals surface area contributed by atoms with Gasteiger partial charge in [0.05, 0.1) is 18.7 Å². The van der Waals surface area contributed by atoms with Gasteiger partial charge in [-0.1, -0.05) is 0 Å². The molecule has 234 valence electrons. The zero-order valence-electron chi connectivity index (χ0n) is 22.4. The van der Waals surface area contributed by atoms with Crippen LogP contribution in [0.15, 0.2) is 4.99 Å². The van der Waals surface area contributed by atoms with Crippen molar-refractivity contribution >= 4 is 65.1 Å². The molecule has 0 aliphatic carbocycles. The number of nitrogens with one attached hydrogen (secondary N) is 5. The SMILES string of the molecule is NC(=O)CC[C@H]1NC(=O)CSC[C@@H](C(=O)O)NC(=O)[C@H](CC(=O)O)NC(=O)CNC(=O)[C@H](CCCN=C(N)N)NC1=O. The van der Waals surface area contributed by atoms with Crippen LogP contribution in [0.4, 0.5) is 0 Å². The second kappa shape index (κ2) is 17.9. The quantitative estimate of drug-likeness (QED) is 0.0622. The highest BCUT2D eigenvalue weighted by atomic mass is 32.2. The van der Waals surface area contributed by atoms with Gasteiger partial charge in [0.15, 0.2) is 5.96 Å². The number of aliphatic carboxylic acids is 2. The largest absolute Gasteiger partial charge is 0.481 e. The van der Waals surface area contributed by atoms with Gasteiger partial charge in [-0.05, 0) is 19.3 Å². The monoisotopic (exact) mass is 617 g/mol. The molecule has 0 aromatic rings. The summed E-state index contributed by atoms with van der Waals surface area (Å²) in [6.45, 7) is -0.659. The lowest BCUT2D eigenvalue weighted by Gasteiger charge is -2.24. The Morgan fingerprint density at radius 3 is 2.05 bits per heavy atom. The molecule has 42 heavy (non-hydrogen) atoms. The number of guanidine groups is 1. The number of rotatable bonds is 10. The minimum Gasteiger partial charge on any atom is -0.481 e. The van der Waals surface area contributed by atoms with Gasteiger partial charge in [0.25, 0.3) is 0 Å². The fourth-order valence-corrected chi connectivity index (χ4v) is 4.32. The predicted octanol–water partition coefficient (Wildman–Crippen LogP) is -5.33. The molecule has 1 aliphatic rings. The summed E-state index contributed by atoms with van der Waals surface area (Å²) in [5.74, 6) is -9.19. The molecule has 20 heteroatoms. The molecule has 4 atom stereocenters. The number of carboxylic acids is 2. The number of hydrogen-bond donors (Lipinski definition) is 10. The smallest absolute Gasteiger partial charge is 0.327 e. The zero-order chi connectivity index (χ0) is 31.8. The van der Waals surface area contributed by atoms with Crippen molar-refractivity contribution in [2.24, 2.45) is 22.2 Å². The molecule has 0 aromatic heterocycles. The lowest BCUT2D eigenvalue weighted by atomic mass is 10.1. The second-order valence-electron chi connectivity index (χ2n) is 8.99. The molecule has 0 saturated carbocycles. The number of amides is 6. The standard InChI is InChI=1S/C22H35N9O10S/c23-14(32)4-3-11-19(38)30-10(2-1-5-26-22(24)25)18(37)27-7-15(33)29-12(6-17(35)36)20(39)31-13(21(40)41)8-42-9-16(34)28-11/h10-13H,1-9H2,(H2,23,32)(H,27,37)(H,28,34)(H,29,33)(H,30,38)(H,31,39)(H,35,36)(H,40,41)(H4,24,25,26)/t10-,11+,12-,13-/m0/s1. The van der Waals surface area contributed by atoms with Crippen LogP contribution in [0.2, 0.25) is 0 Å². The van der Waals surface area contributed by atoms with Crippen molar-refractivity contribution in [3.05, 3.63) is 0 Å². The van der Waals surface area contributed by atoms with Crippen LogP contribution in [0, 0.1) is 0 Å². The number of primary amides is 1. The van der Waals surface area contributed by atoms with E-state index in [2.05, 4.69) is 31.6 Å². The lowest BCUT2D eigenvalue weighted by molar-refractivity contribution is -0.143. The first-order valence-corrected chi connectivity index (χ1v) is 13.7. The topological polar surface area (TPSA) is 328 Å². The van der Waals surface area contributed by atoms with E-state index in [9.17, 15) is 43.5 Å². The average molecular weight is 618 g/mol. The summed E-state index contributed by atoms with van der Waals surface area (Å²) in [5.41, 5.74) is 15.7. The normalized spacial score (nSPS) is 23.0. The highest BCUT2D eigenvalue weighted by Crippen LogP contribution is 2.08. The van der Waals surface area contributed by atoms with E-state index in [-0.39, 0.29) is 49.7 Å². The van der Waals surface area contributed by atoms with Gasteiger partial charge in [0, 0.05) is 18.7 Å². The summed E-state index contributed by atoms with van der Waals surface area (Å²) in [4.78, 5) is 102. The van der Waals surface area contributed by atoms with Crippen molar-refractivity contribution < 1.29 is 48.6 Å². The molecular formula is C22H35N9O10S. The van der Waals surface area contributed by atoms with E-state index in [1.54, 1.807) is 0 Å². The van der Waals surface area contributed by atoms with Crippen molar-refractivity contribution in [2.75, 3.05) is 24.6 Å². The minimum absolute atomic E-state index is 0.0249. The number of hydrogen-bond acceptors (Lipinski definition) is 10. The van der Waals surface area contributed by atoms with E-state index in [1.165, 1.54) is 0 Å². The van der Waals surface area contributed by atoms with Gasteiger partial charge in [-0.3, -0.25) is 38.6 Å². The van der Waals surface area contributed by atoms with Crippen molar-refractivity contribution in [1.82, 2.24) is 26.6 Å². The molecule has 1 saturated heterocycles. The Hall–Kier alpha value is -4.62. The van der Waals surface area contributed by atoms with E-state index < -0.39 is 84.5 Å². The van der Waals surface area contributed by atoms with Gasteiger partial charge in [-0.25, -0.2) is 4.79 Å². The third kappa shape index (κ3) is 14.1. The molecule has 0 unspecified atom stereocenters. The summed E-state index contributed by atoms with van der Waals surface area (Å²) in [6.07, 6.45) is -1.24. The summed E-state index contributed by atoms with van der Waals surface area (Å²) in [7, 11) is 0. The van der Waals surface area contributed by atoms with E-state index in [4.69, 9.17) is 22.3 Å². The van der Waals surface area contributed by atoms with Crippen molar-refractivity contribution in [3.63, 3.8) is 0 Å². The number of aliphatic imine (C=N–C) groups is 1. The average Bonchev–Trinajstić information content (AvgIpc) is 2.88. The molecule has 0 spiro atoms. The summed E-state index contributed by atoms with van der Waals surface area (Å²) >= 11 is 0.772. The molecule has 6 amide bonds. The maximum atomic E-state index is 13.1. The van der Waals surface area contributed by atoms with E-state index in [0.29, 0.717) is 0 Å². The highest BCUT2D eigenvalue weighted by molar-refractivity contribution is 8.00. The Labute approximate surface area is 243 Å². The molecule has 13 N–H and O–H groups in total. The minimum atomic E-state index is -1.69. The molecule has 1 aliphatic heterocycles. The fraction of sp³-hybridized carbons (Fsp3) is 0.591. The van der Waals surface area contributed by atoms with Crippen LogP contribution >= 0.6 is 11.8 Å². The maximum absolute atomic E-state index is 13.1. The van der Waals surface area contributed by atoms with Crippen LogP contribution in [0.3, 0.4) is 0 Å². The predicted molar refractivity (Wildman–Crippen MR) is 146 cm³/mol. The Balaban J connectivity index is 3.28. The van der Waals surface area contributed by atoms with Crippen LogP contribution in [-0.2, 0) is 38.4 Å². The van der Waals surface area contributed by atoms with Crippen LogP contribution in [-0.4, -0.2) is 112 Å². The molecule has 1 rings (SSSR count). The Morgan fingerprint density at radius 2 is 1.45 bits per heavy atom. The molecule has 0 aromatic carbocycles. The van der Waals surface area contributed by atoms with Gasteiger partial charge in [-0.15, -0.1) is 11.8 Å². The molecule has 1 heterocycles. The van der Waals surface area contributed by atoms with Crippen LogP contribution in [0.25, 0.3) is 0 Å². The van der Waals surface area contributed by atoms with E-state index >= 15 is 0 Å². The summed E-state index contributed by atoms with van der Waals surface area (Å²) in [5, 5.41) is 29.9. The van der Waals surface area contributed by atoms with Gasteiger partial charge in [0.2, 0.25) is 35.4 Å². The number of nitrogens with two attached hydrogens (primary N) is 3. The van der Waals surface area contributed by atoms with Crippen molar-refractivity contribution in [2.45, 2.75) is 56.3 Å². The molecule has 0 radical (unpaired) electrons. The van der Waals surface area contributed by atoms with Gasteiger partial charge >= 0.3 is 11.9 Å². The molecule has 19 nitrogen and oxygen atoms in total.